The number of likely N-dealkylation sites (N-methyl/N-ethyl adjacent to an activating group) is 1. The van der Waals surface area contributed by atoms with Crippen molar-refractivity contribution in [2.24, 2.45) is 0 Å². The molecule has 0 bridgehead atoms. The molecule has 0 radical (unpaired) electrons. The molecule has 0 amide bonds. The van der Waals surface area contributed by atoms with Crippen molar-refractivity contribution in [3.8, 4) is 0 Å². The van der Waals surface area contributed by atoms with E-state index in [4.69, 9.17) is 10.6 Å². The van der Waals surface area contributed by atoms with Crippen LogP contribution in [0.25, 0.3) is 10.6 Å². The minimum atomic E-state index is -0.107. The smallest absolute Gasteiger partial charge is 0 e. The van der Waals surface area contributed by atoms with Crippen molar-refractivity contribution < 1.29 is 26.2 Å². The van der Waals surface area contributed by atoms with Gasteiger partial charge in [-0.3, -0.25) is 0 Å². The summed E-state index contributed by atoms with van der Waals surface area (Å²) in [5, 5.41) is 10.5. The summed E-state index contributed by atoms with van der Waals surface area (Å²) in [7, 11) is 4.19. The van der Waals surface area contributed by atoms with E-state index in [0.29, 0.717) is 0 Å². The monoisotopic (exact) mass is 730 g/mol. The number of nitrogens with zero attached hydrogens (tertiary/aromatic N) is 3. The second-order valence-electron chi connectivity index (χ2n) is 13.8. The number of rotatable bonds is 8. The van der Waals surface area contributed by atoms with Gasteiger partial charge in [0.05, 0.1) is 0 Å². The van der Waals surface area contributed by atoms with Crippen LogP contribution in [0.3, 0.4) is 0 Å². The van der Waals surface area contributed by atoms with E-state index >= 15 is 0 Å². The Bertz CT molecular complexity index is 1000. The molecule has 5 heteroatoms. The van der Waals surface area contributed by atoms with E-state index in [1.807, 2.05) is 91.0 Å². The van der Waals surface area contributed by atoms with Gasteiger partial charge in [-0.25, -0.2) is 5.91 Å². The SMILES string of the molecule is CN(C)CC[N-]C([N-]C(C)(C)C)P(C1CCCCC1)C1CCCCC1.[CH2-]c1ccccc1.[CH2-]c1ccccc1.[CH2-]c1ccccc1.[Zr]. The molecule has 0 aromatic heterocycles. The minimum absolute atomic E-state index is 0. The van der Waals surface area contributed by atoms with Crippen molar-refractivity contribution >= 4 is 7.92 Å². The second-order valence-corrected chi connectivity index (χ2v) is 16.7. The van der Waals surface area contributed by atoms with E-state index in [1.54, 1.807) is 0 Å². The van der Waals surface area contributed by atoms with Crippen LogP contribution in [0.15, 0.2) is 91.0 Å². The molecule has 2 aliphatic carbocycles. The predicted molar refractivity (Wildman–Crippen MR) is 207 cm³/mol. The molecule has 3 nitrogen and oxygen atoms in total. The van der Waals surface area contributed by atoms with Gasteiger partial charge in [-0.2, -0.15) is 73.9 Å². The molecule has 0 N–H and O–H groups in total. The van der Waals surface area contributed by atoms with Crippen molar-refractivity contribution in [1.82, 2.24) is 4.90 Å². The molecule has 47 heavy (non-hydrogen) atoms. The zero-order valence-corrected chi connectivity index (χ0v) is 33.6. The molecule has 0 aliphatic heterocycles. The average Bonchev–Trinajstić information content (AvgIpc) is 3.03. The third-order valence-electron chi connectivity index (χ3n) is 8.13. The Morgan fingerprint density at radius 3 is 1.23 bits per heavy atom. The molecule has 3 aromatic carbocycles. The summed E-state index contributed by atoms with van der Waals surface area (Å²) >= 11 is 0. The fourth-order valence-electron chi connectivity index (χ4n) is 5.79. The van der Waals surface area contributed by atoms with E-state index < -0.39 is 0 Å². The number of hydrogen-bond donors (Lipinski definition) is 0. The Morgan fingerprint density at radius 2 is 0.979 bits per heavy atom. The van der Waals surface area contributed by atoms with Crippen molar-refractivity contribution in [3.05, 3.63) is 139 Å². The maximum Gasteiger partial charge on any atom is 0 e. The van der Waals surface area contributed by atoms with Crippen LogP contribution in [0.2, 0.25) is 0 Å². The second kappa shape index (κ2) is 25.4. The molecule has 2 aliphatic rings. The van der Waals surface area contributed by atoms with Crippen molar-refractivity contribution in [1.29, 1.82) is 0 Å². The summed E-state index contributed by atoms with van der Waals surface area (Å²) in [6.07, 6.45) is 14.4. The van der Waals surface area contributed by atoms with Gasteiger partial charge in [-0.1, -0.05) is 77.5 Å². The first kappa shape index (κ1) is 43.5. The summed E-state index contributed by atoms with van der Waals surface area (Å²) in [5.41, 5.74) is 5.08. The summed E-state index contributed by atoms with van der Waals surface area (Å²) in [6, 6.07) is 29.6. The fourth-order valence-corrected chi connectivity index (χ4v) is 9.85. The molecule has 3 aromatic rings. The summed E-state index contributed by atoms with van der Waals surface area (Å²) in [6.45, 7) is 19.9. The number of hydrogen-bond acceptors (Lipinski definition) is 1. The van der Waals surface area contributed by atoms with Crippen LogP contribution in [0.1, 0.15) is 102 Å². The molecule has 1 unspecified atom stereocenters. The van der Waals surface area contributed by atoms with E-state index in [-0.39, 0.29) is 45.6 Å². The maximum absolute atomic E-state index is 5.30. The van der Waals surface area contributed by atoms with Gasteiger partial charge in [0.2, 0.25) is 0 Å². The van der Waals surface area contributed by atoms with E-state index in [2.05, 4.69) is 60.5 Å². The fraction of sp³-hybridized carbons (Fsp3) is 0.500. The average molecular weight is 732 g/mol. The third kappa shape index (κ3) is 21.2. The molecule has 0 spiro atoms. The van der Waals surface area contributed by atoms with Gasteiger partial charge in [0.15, 0.2) is 0 Å². The summed E-state index contributed by atoms with van der Waals surface area (Å²) in [4.78, 5) is 2.25. The molecule has 5 rings (SSSR count). The van der Waals surface area contributed by atoms with Crippen LogP contribution in [0.4, 0.5) is 0 Å². The molecule has 2 saturated carbocycles. The zero-order valence-electron chi connectivity index (χ0n) is 30.3. The van der Waals surface area contributed by atoms with Crippen LogP contribution in [0, 0.1) is 20.8 Å². The Hall–Kier alpha value is -1.54. The maximum atomic E-state index is 5.30. The van der Waals surface area contributed by atoms with Gasteiger partial charge in [0, 0.05) is 26.2 Å². The van der Waals surface area contributed by atoms with Gasteiger partial charge >= 0.3 is 0 Å². The molecular formula is C42H63N3PZr-5. The predicted octanol–water partition coefficient (Wildman–Crippen LogP) is 12.1. The van der Waals surface area contributed by atoms with Gasteiger partial charge in [0.25, 0.3) is 0 Å². The molecule has 0 saturated heterocycles. The van der Waals surface area contributed by atoms with Gasteiger partial charge < -0.3 is 15.5 Å². The Labute approximate surface area is 311 Å². The Morgan fingerprint density at radius 1 is 0.638 bits per heavy atom. The largest absolute Gasteiger partial charge is 0.673 e. The molecule has 1 atom stereocenters. The third-order valence-corrected chi connectivity index (χ3v) is 11.7. The van der Waals surface area contributed by atoms with Crippen LogP contribution in [-0.4, -0.2) is 54.8 Å². The van der Waals surface area contributed by atoms with E-state index in [9.17, 15) is 0 Å². The van der Waals surface area contributed by atoms with Crippen LogP contribution in [-0.2, 0) is 26.2 Å². The van der Waals surface area contributed by atoms with Crippen molar-refractivity contribution in [3.63, 3.8) is 0 Å². The van der Waals surface area contributed by atoms with E-state index in [0.717, 1.165) is 41.1 Å². The normalized spacial score (nSPS) is 15.9. The first-order valence-corrected chi connectivity index (χ1v) is 19.0. The topological polar surface area (TPSA) is 31.4 Å². The zero-order chi connectivity index (χ0) is 33.6. The van der Waals surface area contributed by atoms with Gasteiger partial charge in [0.1, 0.15) is 0 Å². The van der Waals surface area contributed by atoms with Crippen LogP contribution in [0.5, 0.6) is 0 Å². The van der Waals surface area contributed by atoms with Crippen molar-refractivity contribution in [2.45, 2.75) is 108 Å². The first-order valence-electron chi connectivity index (χ1n) is 17.5. The Balaban J connectivity index is 0.000000401. The standard InChI is InChI=1S/C21H42N3P.3C7H7.Zr/c1-21(2,3)23-20(22-16-17-24(4)5)25(18-12-8-6-9-13-18)19-14-10-7-11-15-19;3*1-7-5-3-2-4-6-7;/h18-20H,6-17H2,1-5H3;3*2-6H,1H2;/q-2;3*-1;. The quantitative estimate of drug-likeness (QED) is 0.168. The van der Waals surface area contributed by atoms with Crippen molar-refractivity contribution in [2.75, 3.05) is 27.2 Å². The van der Waals surface area contributed by atoms with Gasteiger partial charge in [-0.15, -0.1) is 56.4 Å². The first-order chi connectivity index (χ1) is 22.0. The van der Waals surface area contributed by atoms with Crippen LogP contribution < -0.4 is 0 Å². The molecule has 2 fully saturated rings. The summed E-state index contributed by atoms with van der Waals surface area (Å²) < 4.78 is 0. The molecule has 0 heterocycles. The van der Waals surface area contributed by atoms with E-state index in [1.165, 1.54) is 64.2 Å². The van der Waals surface area contributed by atoms with Gasteiger partial charge in [-0.05, 0) is 57.6 Å². The molecular weight excluding hydrogens is 669 g/mol. The summed E-state index contributed by atoms with van der Waals surface area (Å²) in [5.74, 6) is 0.279. The minimum Gasteiger partial charge on any atom is -0.673 e. The Kier molecular flexibility index (Phi) is 23.5. The van der Waals surface area contributed by atoms with Crippen LogP contribution >= 0.6 is 7.92 Å². The molecule has 260 valence electrons. The number of benzene rings is 3.